The van der Waals surface area contributed by atoms with Gasteiger partial charge in [-0.15, -0.1) is 0 Å². The van der Waals surface area contributed by atoms with E-state index in [0.29, 0.717) is 23.7 Å². The number of nitrogens with one attached hydrogen (secondary N) is 2. The average Bonchev–Trinajstić information content (AvgIpc) is 3.16. The van der Waals surface area contributed by atoms with Crippen molar-refractivity contribution in [3.05, 3.63) is 106 Å². The molecule has 1 aliphatic heterocycles. The maximum atomic E-state index is 13.7. The van der Waals surface area contributed by atoms with E-state index in [1.807, 2.05) is 0 Å². The number of benzene rings is 3. The largest absolute Gasteiger partial charge is 0.339 e. The Kier molecular flexibility index (Phi) is 4.93. The first-order valence-electron chi connectivity index (χ1n) is 8.94. The van der Waals surface area contributed by atoms with E-state index in [-0.39, 0.29) is 28.1 Å². The molecule has 148 valence electrons. The smallest absolute Gasteiger partial charge is 0.200 e. The molecule has 1 aliphatic rings. The minimum absolute atomic E-state index is 0.0897. The minimum Gasteiger partial charge on any atom is -0.339 e. The van der Waals surface area contributed by atoms with Crippen LogP contribution in [-0.2, 0) is 0 Å². The molecule has 0 bridgehead atoms. The number of anilines is 2. The maximum Gasteiger partial charge on any atom is 0.200 e. The summed E-state index contributed by atoms with van der Waals surface area (Å²) in [6.07, 6.45) is 0.579. The van der Waals surface area contributed by atoms with E-state index >= 15 is 0 Å². The van der Waals surface area contributed by atoms with Gasteiger partial charge in [0.15, 0.2) is 0 Å². The van der Waals surface area contributed by atoms with E-state index in [1.165, 1.54) is 24.3 Å². The number of fused-ring (bicyclic) bond motifs is 1. The van der Waals surface area contributed by atoms with Gasteiger partial charge in [-0.3, -0.25) is 14.4 Å². The first-order valence-corrected chi connectivity index (χ1v) is 8.94. The molecule has 0 atom stereocenters. The molecule has 0 unspecified atom stereocenters. The SMILES string of the molecule is O=Cc1cccc(C(=O)C(C(=O)c2cc(F)cc(F)c2)=C2Nc3ccccc3N2)c1. The third-order valence-electron chi connectivity index (χ3n) is 4.56. The summed E-state index contributed by atoms with van der Waals surface area (Å²) in [6.45, 7) is 0. The molecule has 5 nitrogen and oxygen atoms in total. The zero-order valence-corrected chi connectivity index (χ0v) is 15.4. The van der Waals surface area contributed by atoms with Crippen molar-refractivity contribution in [1.29, 1.82) is 0 Å². The fourth-order valence-electron chi connectivity index (χ4n) is 3.18. The van der Waals surface area contributed by atoms with Crippen LogP contribution in [0.3, 0.4) is 0 Å². The van der Waals surface area contributed by atoms with Crippen LogP contribution in [-0.4, -0.2) is 17.9 Å². The summed E-state index contributed by atoms with van der Waals surface area (Å²) >= 11 is 0. The number of aldehydes is 1. The Labute approximate surface area is 170 Å². The number of allylic oxidation sites excluding steroid dienone is 1. The third kappa shape index (κ3) is 3.60. The van der Waals surface area contributed by atoms with Gasteiger partial charge in [0.2, 0.25) is 11.6 Å². The highest BCUT2D eigenvalue weighted by atomic mass is 19.1. The second-order valence-electron chi connectivity index (χ2n) is 6.61. The summed E-state index contributed by atoms with van der Waals surface area (Å²) in [4.78, 5) is 37.6. The van der Waals surface area contributed by atoms with Gasteiger partial charge in [-0.05, 0) is 30.3 Å². The van der Waals surface area contributed by atoms with Crippen molar-refractivity contribution in [3.63, 3.8) is 0 Å². The molecule has 0 aliphatic carbocycles. The fraction of sp³-hybridized carbons (Fsp3) is 0. The van der Waals surface area contributed by atoms with Crippen LogP contribution in [0.2, 0.25) is 0 Å². The number of Topliss-reactive ketones (excluding diaryl/α,β-unsaturated/α-hetero) is 2. The summed E-state index contributed by atoms with van der Waals surface area (Å²) < 4.78 is 27.4. The van der Waals surface area contributed by atoms with E-state index in [0.717, 1.165) is 12.1 Å². The number of para-hydroxylation sites is 2. The number of carbonyl (C=O) groups is 3. The molecule has 2 N–H and O–H groups in total. The maximum absolute atomic E-state index is 13.7. The van der Waals surface area contributed by atoms with Crippen LogP contribution < -0.4 is 10.6 Å². The molecule has 4 rings (SSSR count). The molecule has 3 aromatic carbocycles. The monoisotopic (exact) mass is 404 g/mol. The van der Waals surface area contributed by atoms with Gasteiger partial charge in [0, 0.05) is 22.8 Å². The lowest BCUT2D eigenvalue weighted by molar-refractivity contribution is 0.0960. The first-order chi connectivity index (χ1) is 14.5. The summed E-state index contributed by atoms with van der Waals surface area (Å²) in [6, 6.07) is 15.2. The van der Waals surface area contributed by atoms with Gasteiger partial charge in [-0.25, -0.2) is 8.78 Å². The van der Waals surface area contributed by atoms with Crippen molar-refractivity contribution < 1.29 is 23.2 Å². The Hall–Kier alpha value is -4.13. The average molecular weight is 404 g/mol. The quantitative estimate of drug-likeness (QED) is 0.214. The van der Waals surface area contributed by atoms with Crippen LogP contribution >= 0.6 is 0 Å². The molecule has 0 saturated heterocycles. The van der Waals surface area contributed by atoms with Crippen LogP contribution in [0.25, 0.3) is 0 Å². The fourth-order valence-corrected chi connectivity index (χ4v) is 3.18. The number of hydrogen-bond donors (Lipinski definition) is 2. The molecule has 0 fully saturated rings. The van der Waals surface area contributed by atoms with Crippen LogP contribution in [0.4, 0.5) is 20.2 Å². The normalized spacial score (nSPS) is 11.9. The summed E-state index contributed by atoms with van der Waals surface area (Å²) in [5, 5.41) is 5.93. The van der Waals surface area contributed by atoms with E-state index in [4.69, 9.17) is 0 Å². The van der Waals surface area contributed by atoms with Gasteiger partial charge in [0.1, 0.15) is 29.3 Å². The van der Waals surface area contributed by atoms with Crippen molar-refractivity contribution in [3.8, 4) is 0 Å². The molecule has 30 heavy (non-hydrogen) atoms. The number of carbonyl (C=O) groups excluding carboxylic acids is 3. The molecule has 0 radical (unpaired) electrons. The minimum atomic E-state index is -0.936. The van der Waals surface area contributed by atoms with Gasteiger partial charge in [-0.2, -0.15) is 0 Å². The second-order valence-corrected chi connectivity index (χ2v) is 6.61. The topological polar surface area (TPSA) is 75.3 Å². The highest BCUT2D eigenvalue weighted by molar-refractivity contribution is 6.32. The molecule has 3 aromatic rings. The Morgan fingerprint density at radius 3 is 1.93 bits per heavy atom. The van der Waals surface area contributed by atoms with Crippen LogP contribution in [0.5, 0.6) is 0 Å². The number of hydrogen-bond acceptors (Lipinski definition) is 5. The molecular formula is C23H14F2N2O3. The number of ketones is 2. The lowest BCUT2D eigenvalue weighted by atomic mass is 9.94. The molecule has 7 heteroatoms. The summed E-state index contributed by atoms with van der Waals surface area (Å²) in [5.74, 6) is -3.34. The van der Waals surface area contributed by atoms with Crippen LogP contribution in [0.1, 0.15) is 31.1 Å². The number of halogens is 2. The van der Waals surface area contributed by atoms with Crippen molar-refractivity contribution in [2.24, 2.45) is 0 Å². The van der Waals surface area contributed by atoms with Crippen molar-refractivity contribution in [2.45, 2.75) is 0 Å². The van der Waals surface area contributed by atoms with Crippen molar-refractivity contribution in [1.82, 2.24) is 0 Å². The van der Waals surface area contributed by atoms with Gasteiger partial charge < -0.3 is 10.6 Å². The highest BCUT2D eigenvalue weighted by Gasteiger charge is 2.29. The molecular weight excluding hydrogens is 390 g/mol. The van der Waals surface area contributed by atoms with Gasteiger partial charge >= 0.3 is 0 Å². The van der Waals surface area contributed by atoms with E-state index < -0.39 is 23.2 Å². The van der Waals surface area contributed by atoms with Crippen LogP contribution in [0.15, 0.2) is 78.1 Å². The Morgan fingerprint density at radius 2 is 1.33 bits per heavy atom. The van der Waals surface area contributed by atoms with Crippen molar-refractivity contribution >= 4 is 29.2 Å². The summed E-state index contributed by atoms with van der Waals surface area (Å²) in [5.41, 5.74) is 0.973. The lowest BCUT2D eigenvalue weighted by Crippen LogP contribution is -2.21. The van der Waals surface area contributed by atoms with Crippen molar-refractivity contribution in [2.75, 3.05) is 10.6 Å². The zero-order valence-electron chi connectivity index (χ0n) is 15.4. The molecule has 1 heterocycles. The molecule has 0 amide bonds. The first kappa shape index (κ1) is 19.2. The van der Waals surface area contributed by atoms with Gasteiger partial charge in [0.25, 0.3) is 0 Å². The highest BCUT2D eigenvalue weighted by Crippen LogP contribution is 2.32. The van der Waals surface area contributed by atoms with Gasteiger partial charge in [-0.1, -0.05) is 30.3 Å². The van der Waals surface area contributed by atoms with Crippen LogP contribution in [0, 0.1) is 11.6 Å². The summed E-state index contributed by atoms with van der Waals surface area (Å²) in [7, 11) is 0. The van der Waals surface area contributed by atoms with Gasteiger partial charge in [0.05, 0.1) is 11.4 Å². The van der Waals surface area contributed by atoms with E-state index in [9.17, 15) is 23.2 Å². The standard InChI is InChI=1S/C23H14F2N2O3/c24-16-9-15(10-17(25)11-16)22(30)20(21(29)14-5-3-4-13(8-14)12-28)23-26-18-6-1-2-7-19(18)27-23/h1-12,26-27H. The predicted octanol–water partition coefficient (Wildman–Crippen LogP) is 4.59. The number of rotatable bonds is 5. The Bertz CT molecular complexity index is 1190. The molecule has 0 aromatic heterocycles. The Balaban J connectivity index is 1.85. The van der Waals surface area contributed by atoms with E-state index in [2.05, 4.69) is 10.6 Å². The Morgan fingerprint density at radius 1 is 0.733 bits per heavy atom. The predicted molar refractivity (Wildman–Crippen MR) is 108 cm³/mol. The zero-order chi connectivity index (χ0) is 21.3. The molecule has 0 saturated carbocycles. The van der Waals surface area contributed by atoms with E-state index in [1.54, 1.807) is 24.3 Å². The second kappa shape index (κ2) is 7.71. The lowest BCUT2D eigenvalue weighted by Gasteiger charge is -2.11. The third-order valence-corrected chi connectivity index (χ3v) is 4.56. The molecule has 0 spiro atoms.